The van der Waals surface area contributed by atoms with Crippen LogP contribution in [0, 0.1) is 5.82 Å². The molecule has 0 unspecified atom stereocenters. The van der Waals surface area contributed by atoms with Crippen LogP contribution in [-0.2, 0) is 6.42 Å². The van der Waals surface area contributed by atoms with Crippen molar-refractivity contribution in [2.45, 2.75) is 6.42 Å². The summed E-state index contributed by atoms with van der Waals surface area (Å²) in [5, 5.41) is 9.60. The summed E-state index contributed by atoms with van der Waals surface area (Å²) in [6, 6.07) is 9.95. The summed E-state index contributed by atoms with van der Waals surface area (Å²) < 4.78 is 20.1. The van der Waals surface area contributed by atoms with E-state index in [2.05, 4.69) is 15.2 Å². The topological polar surface area (TPSA) is 51.8 Å². The van der Waals surface area contributed by atoms with Gasteiger partial charge < -0.3 is 4.42 Å². The van der Waals surface area contributed by atoms with Gasteiger partial charge >= 0.3 is 0 Å². The summed E-state index contributed by atoms with van der Waals surface area (Å²) in [5.74, 6) is 0.406. The number of fused-ring (bicyclic) bond motifs is 1. The molecule has 4 rings (SSSR count). The van der Waals surface area contributed by atoms with Gasteiger partial charge in [0, 0.05) is 5.56 Å². The molecule has 4 aromatic rings. The van der Waals surface area contributed by atoms with E-state index in [1.807, 2.05) is 6.07 Å². The molecule has 0 N–H and O–H groups in total. The van der Waals surface area contributed by atoms with Crippen LogP contribution >= 0.6 is 34.5 Å². The maximum Gasteiger partial charge on any atom is 0.247 e. The zero-order valence-corrected chi connectivity index (χ0v) is 14.3. The standard InChI is InChI=1S/C16H8Cl2FN3OS/c17-9-5-4-8(6-10(9)18)16-22-21-13(23-16)7-14-20-15-11(19)2-1-3-12(15)24-14/h1-6H,7H2. The number of rotatable bonds is 3. The second-order valence-corrected chi connectivity index (χ2v) is 6.93. The van der Waals surface area contributed by atoms with Crippen LogP contribution < -0.4 is 0 Å². The highest BCUT2D eigenvalue weighted by Crippen LogP contribution is 2.29. The summed E-state index contributed by atoms with van der Waals surface area (Å²) in [7, 11) is 0. The van der Waals surface area contributed by atoms with Gasteiger partial charge in [0.15, 0.2) is 0 Å². The minimum Gasteiger partial charge on any atom is -0.420 e. The second kappa shape index (κ2) is 6.12. The fraction of sp³-hybridized carbons (Fsp3) is 0.0625. The Bertz CT molecular complexity index is 1050. The Hall–Kier alpha value is -2.02. The van der Waals surface area contributed by atoms with Gasteiger partial charge in [-0.25, -0.2) is 9.37 Å². The van der Waals surface area contributed by atoms with Gasteiger partial charge in [0.25, 0.3) is 0 Å². The molecular formula is C16H8Cl2FN3OS. The van der Waals surface area contributed by atoms with Gasteiger partial charge in [0.05, 0.1) is 21.2 Å². The third-order valence-electron chi connectivity index (χ3n) is 3.35. The Morgan fingerprint density at radius 2 is 1.96 bits per heavy atom. The number of halogens is 3. The van der Waals surface area contributed by atoms with Crippen molar-refractivity contribution in [2.75, 3.05) is 0 Å². The highest BCUT2D eigenvalue weighted by molar-refractivity contribution is 7.18. The first-order valence-electron chi connectivity index (χ1n) is 6.92. The van der Waals surface area contributed by atoms with Crippen LogP contribution in [0.3, 0.4) is 0 Å². The second-order valence-electron chi connectivity index (χ2n) is 5.00. The SMILES string of the molecule is Fc1cccc2sc(Cc3nnc(-c4ccc(Cl)c(Cl)c4)o3)nc12. The van der Waals surface area contributed by atoms with E-state index in [0.29, 0.717) is 44.3 Å². The normalized spacial score (nSPS) is 11.3. The van der Waals surface area contributed by atoms with Crippen molar-refractivity contribution < 1.29 is 8.81 Å². The Balaban J connectivity index is 1.62. The lowest BCUT2D eigenvalue weighted by Gasteiger charge is -1.97. The fourth-order valence-electron chi connectivity index (χ4n) is 2.24. The van der Waals surface area contributed by atoms with Crippen LogP contribution in [0.5, 0.6) is 0 Å². The molecule has 120 valence electrons. The van der Waals surface area contributed by atoms with Gasteiger partial charge in [-0.3, -0.25) is 0 Å². The van der Waals surface area contributed by atoms with E-state index in [9.17, 15) is 4.39 Å². The molecule has 0 bridgehead atoms. The van der Waals surface area contributed by atoms with Crippen molar-refractivity contribution in [2.24, 2.45) is 0 Å². The monoisotopic (exact) mass is 379 g/mol. The van der Waals surface area contributed by atoms with Crippen LogP contribution in [0.2, 0.25) is 10.0 Å². The predicted molar refractivity (Wildman–Crippen MR) is 92.1 cm³/mol. The first-order valence-corrected chi connectivity index (χ1v) is 8.49. The molecule has 0 fully saturated rings. The average Bonchev–Trinajstić information content (AvgIpc) is 3.18. The molecule has 2 aromatic carbocycles. The first-order chi connectivity index (χ1) is 11.6. The molecule has 0 aliphatic heterocycles. The maximum atomic E-state index is 13.7. The van der Waals surface area contributed by atoms with Crippen LogP contribution in [0.1, 0.15) is 10.9 Å². The maximum absolute atomic E-state index is 13.7. The number of aromatic nitrogens is 3. The molecule has 2 aromatic heterocycles. The van der Waals surface area contributed by atoms with Gasteiger partial charge in [-0.05, 0) is 30.3 Å². The first kappa shape index (κ1) is 15.5. The minimum absolute atomic E-state index is 0.336. The number of hydrogen-bond acceptors (Lipinski definition) is 5. The quantitative estimate of drug-likeness (QED) is 0.479. The third-order valence-corrected chi connectivity index (χ3v) is 5.11. The zero-order valence-electron chi connectivity index (χ0n) is 12.0. The van der Waals surface area contributed by atoms with E-state index in [-0.39, 0.29) is 5.82 Å². The minimum atomic E-state index is -0.336. The molecular weight excluding hydrogens is 372 g/mol. The lowest BCUT2D eigenvalue weighted by molar-refractivity contribution is 0.518. The molecule has 24 heavy (non-hydrogen) atoms. The van der Waals surface area contributed by atoms with Crippen molar-refractivity contribution in [3.63, 3.8) is 0 Å². The molecule has 0 radical (unpaired) electrons. The lowest BCUT2D eigenvalue weighted by Crippen LogP contribution is -1.87. The van der Waals surface area contributed by atoms with E-state index in [0.717, 1.165) is 4.70 Å². The van der Waals surface area contributed by atoms with E-state index >= 15 is 0 Å². The molecule has 0 amide bonds. The third kappa shape index (κ3) is 2.88. The smallest absolute Gasteiger partial charge is 0.247 e. The fourth-order valence-corrected chi connectivity index (χ4v) is 3.51. The molecule has 8 heteroatoms. The summed E-state index contributed by atoms with van der Waals surface area (Å²) in [4.78, 5) is 4.29. The summed E-state index contributed by atoms with van der Waals surface area (Å²) in [6.45, 7) is 0. The molecule has 0 saturated heterocycles. The highest BCUT2D eigenvalue weighted by Gasteiger charge is 2.14. The Kier molecular flexibility index (Phi) is 3.96. The molecule has 2 heterocycles. The van der Waals surface area contributed by atoms with Crippen molar-refractivity contribution in [1.82, 2.24) is 15.2 Å². The Labute approximate surface area is 149 Å². The highest BCUT2D eigenvalue weighted by atomic mass is 35.5. The molecule has 0 aliphatic rings. The number of hydrogen-bond donors (Lipinski definition) is 0. The van der Waals surface area contributed by atoms with Crippen molar-refractivity contribution >= 4 is 44.8 Å². The van der Waals surface area contributed by atoms with Crippen LogP contribution in [0.25, 0.3) is 21.7 Å². The molecule has 4 nitrogen and oxygen atoms in total. The largest absolute Gasteiger partial charge is 0.420 e. The van der Waals surface area contributed by atoms with Crippen molar-refractivity contribution in [1.29, 1.82) is 0 Å². The number of thiazole rings is 1. The van der Waals surface area contributed by atoms with Gasteiger partial charge in [-0.2, -0.15) is 0 Å². The van der Waals surface area contributed by atoms with Gasteiger partial charge in [0.1, 0.15) is 16.3 Å². The Morgan fingerprint density at radius 3 is 2.75 bits per heavy atom. The Morgan fingerprint density at radius 1 is 1.08 bits per heavy atom. The molecule has 0 spiro atoms. The number of para-hydroxylation sites is 1. The van der Waals surface area contributed by atoms with E-state index in [4.69, 9.17) is 27.6 Å². The average molecular weight is 380 g/mol. The van der Waals surface area contributed by atoms with Crippen molar-refractivity contribution in [3.8, 4) is 11.5 Å². The molecule has 0 atom stereocenters. The summed E-state index contributed by atoms with van der Waals surface area (Å²) in [6.07, 6.45) is 0.340. The predicted octanol–water partition coefficient (Wildman–Crippen LogP) is 5.38. The van der Waals surface area contributed by atoms with Crippen LogP contribution in [-0.4, -0.2) is 15.2 Å². The van der Waals surface area contributed by atoms with Gasteiger partial charge in [-0.15, -0.1) is 21.5 Å². The van der Waals surface area contributed by atoms with Gasteiger partial charge in [-0.1, -0.05) is 29.3 Å². The van der Waals surface area contributed by atoms with Crippen molar-refractivity contribution in [3.05, 3.63) is 63.2 Å². The molecule has 0 saturated carbocycles. The lowest BCUT2D eigenvalue weighted by atomic mass is 10.2. The van der Waals surface area contributed by atoms with Crippen LogP contribution in [0.4, 0.5) is 4.39 Å². The van der Waals surface area contributed by atoms with E-state index in [1.165, 1.54) is 17.4 Å². The summed E-state index contributed by atoms with van der Waals surface area (Å²) >= 11 is 13.3. The van der Waals surface area contributed by atoms with E-state index < -0.39 is 0 Å². The molecule has 0 aliphatic carbocycles. The zero-order chi connectivity index (χ0) is 16.7. The number of benzene rings is 2. The van der Waals surface area contributed by atoms with Crippen LogP contribution in [0.15, 0.2) is 40.8 Å². The van der Waals surface area contributed by atoms with E-state index in [1.54, 1.807) is 24.3 Å². The number of nitrogens with zero attached hydrogens (tertiary/aromatic N) is 3. The summed E-state index contributed by atoms with van der Waals surface area (Å²) in [5.41, 5.74) is 1.04. The van der Waals surface area contributed by atoms with Gasteiger partial charge in [0.2, 0.25) is 11.8 Å².